The van der Waals surface area contributed by atoms with Crippen molar-refractivity contribution in [3.8, 4) is 22.5 Å². The first-order chi connectivity index (χ1) is 16.3. The molecule has 0 saturated carbocycles. The van der Waals surface area contributed by atoms with Crippen molar-refractivity contribution in [1.29, 1.82) is 0 Å². The van der Waals surface area contributed by atoms with E-state index in [1.165, 1.54) is 11.8 Å². The number of hydrogen-bond donors (Lipinski definition) is 0. The van der Waals surface area contributed by atoms with E-state index < -0.39 is 0 Å². The number of benzene rings is 2. The smallest absolute Gasteiger partial charge is 0.192 e. The molecule has 0 amide bonds. The van der Waals surface area contributed by atoms with Crippen molar-refractivity contribution < 1.29 is 9.21 Å². The van der Waals surface area contributed by atoms with Gasteiger partial charge in [-0.15, -0.1) is 10.2 Å². The van der Waals surface area contributed by atoms with Gasteiger partial charge in [-0.25, -0.2) is 0 Å². The van der Waals surface area contributed by atoms with Gasteiger partial charge >= 0.3 is 0 Å². The minimum Gasteiger partial charge on any atom is -0.467 e. The van der Waals surface area contributed by atoms with Gasteiger partial charge in [-0.3, -0.25) is 14.3 Å². The molecule has 0 aliphatic carbocycles. The Hall–Kier alpha value is -3.97. The van der Waals surface area contributed by atoms with Crippen LogP contribution in [0.15, 0.2) is 107 Å². The molecule has 0 N–H and O–H groups in total. The number of carbonyl (C=O) groups excluding carboxylic acids is 1. The minimum atomic E-state index is 0.0371. The minimum absolute atomic E-state index is 0.0371. The third-order valence-corrected chi connectivity index (χ3v) is 6.14. The Kier molecular flexibility index (Phi) is 6.12. The van der Waals surface area contributed by atoms with Gasteiger partial charge in [0.25, 0.3) is 0 Å². The molecular weight excluding hydrogens is 432 g/mol. The fraction of sp³-hybridized carbons (Fsp3) is 0.0769. The molecule has 0 atom stereocenters. The number of ketones is 1. The number of aromatic nitrogens is 4. The molecule has 6 nitrogen and oxygen atoms in total. The van der Waals surface area contributed by atoms with Gasteiger partial charge in [0.2, 0.25) is 0 Å². The molecule has 7 heteroatoms. The molecule has 3 heterocycles. The number of nitrogens with zero attached hydrogens (tertiary/aromatic N) is 4. The number of Topliss-reactive ketones (excluding diaryl/α,β-unsaturated/α-hetero) is 1. The first kappa shape index (κ1) is 20.9. The Balaban J connectivity index is 1.34. The topological polar surface area (TPSA) is 73.8 Å². The summed E-state index contributed by atoms with van der Waals surface area (Å²) in [5.41, 5.74) is 3.73. The highest BCUT2D eigenvalue weighted by atomic mass is 32.2. The Labute approximate surface area is 195 Å². The highest BCUT2D eigenvalue weighted by molar-refractivity contribution is 7.99. The van der Waals surface area contributed by atoms with Crippen molar-refractivity contribution in [2.45, 2.75) is 11.7 Å². The van der Waals surface area contributed by atoms with Crippen LogP contribution in [0.2, 0.25) is 0 Å². The predicted molar refractivity (Wildman–Crippen MR) is 128 cm³/mol. The Morgan fingerprint density at radius 2 is 1.64 bits per heavy atom. The maximum absolute atomic E-state index is 12.9. The van der Waals surface area contributed by atoms with Gasteiger partial charge in [-0.05, 0) is 35.4 Å². The molecule has 0 aliphatic rings. The second-order valence-electron chi connectivity index (χ2n) is 7.37. The maximum atomic E-state index is 12.9. The monoisotopic (exact) mass is 452 g/mol. The molecule has 0 aliphatic heterocycles. The number of carbonyl (C=O) groups is 1. The van der Waals surface area contributed by atoms with Crippen LogP contribution in [0.25, 0.3) is 22.5 Å². The highest BCUT2D eigenvalue weighted by Gasteiger charge is 2.17. The fourth-order valence-corrected chi connectivity index (χ4v) is 4.33. The zero-order valence-electron chi connectivity index (χ0n) is 17.7. The third-order valence-electron chi connectivity index (χ3n) is 5.18. The van der Waals surface area contributed by atoms with E-state index in [2.05, 4.69) is 27.3 Å². The van der Waals surface area contributed by atoms with Crippen molar-refractivity contribution in [3.63, 3.8) is 0 Å². The molecule has 5 aromatic rings. The van der Waals surface area contributed by atoms with Crippen LogP contribution in [0.4, 0.5) is 0 Å². The summed E-state index contributed by atoms with van der Waals surface area (Å²) in [6.45, 7) is 0.465. The highest BCUT2D eigenvalue weighted by Crippen LogP contribution is 2.26. The van der Waals surface area contributed by atoms with Crippen LogP contribution in [0, 0.1) is 0 Å². The van der Waals surface area contributed by atoms with Gasteiger partial charge in [0, 0.05) is 23.5 Å². The molecule has 33 heavy (non-hydrogen) atoms. The van der Waals surface area contributed by atoms with Crippen molar-refractivity contribution in [3.05, 3.63) is 109 Å². The Bertz CT molecular complexity index is 1330. The quantitative estimate of drug-likeness (QED) is 0.225. The summed E-state index contributed by atoms with van der Waals surface area (Å²) in [6.07, 6.45) is 5.10. The lowest BCUT2D eigenvalue weighted by Gasteiger charge is -2.09. The van der Waals surface area contributed by atoms with E-state index in [1.807, 2.05) is 71.3 Å². The summed E-state index contributed by atoms with van der Waals surface area (Å²) >= 11 is 1.37. The molecule has 0 fully saturated rings. The number of furan rings is 1. The number of pyridine rings is 1. The normalized spacial score (nSPS) is 10.9. The average molecular weight is 453 g/mol. The van der Waals surface area contributed by atoms with E-state index in [-0.39, 0.29) is 11.5 Å². The average Bonchev–Trinajstić information content (AvgIpc) is 3.54. The lowest BCUT2D eigenvalue weighted by molar-refractivity contribution is 0.102. The van der Waals surface area contributed by atoms with E-state index in [4.69, 9.17) is 4.42 Å². The van der Waals surface area contributed by atoms with Crippen LogP contribution >= 0.6 is 11.8 Å². The van der Waals surface area contributed by atoms with Crippen molar-refractivity contribution in [2.75, 3.05) is 5.75 Å². The van der Waals surface area contributed by atoms with Crippen molar-refractivity contribution >= 4 is 17.5 Å². The molecule has 0 spiro atoms. The zero-order chi connectivity index (χ0) is 22.5. The van der Waals surface area contributed by atoms with Crippen LogP contribution < -0.4 is 0 Å². The summed E-state index contributed by atoms with van der Waals surface area (Å²) in [7, 11) is 0. The molecule has 0 unspecified atom stereocenters. The van der Waals surface area contributed by atoms with Gasteiger partial charge in [0.15, 0.2) is 16.8 Å². The predicted octanol–water partition coefficient (Wildman–Crippen LogP) is 5.62. The first-order valence-electron chi connectivity index (χ1n) is 10.5. The molecule has 0 bridgehead atoms. The van der Waals surface area contributed by atoms with Gasteiger partial charge in [0.1, 0.15) is 5.76 Å². The van der Waals surface area contributed by atoms with Crippen LogP contribution in [0.5, 0.6) is 0 Å². The largest absolute Gasteiger partial charge is 0.467 e. The third kappa shape index (κ3) is 4.78. The Morgan fingerprint density at radius 3 is 2.36 bits per heavy atom. The van der Waals surface area contributed by atoms with Gasteiger partial charge in [-0.2, -0.15) is 0 Å². The van der Waals surface area contributed by atoms with Crippen LogP contribution in [0.3, 0.4) is 0 Å². The molecule has 5 rings (SSSR count). The molecule has 3 aromatic heterocycles. The molecule has 162 valence electrons. The maximum Gasteiger partial charge on any atom is 0.192 e. The number of thioether (sulfide) groups is 1. The van der Waals surface area contributed by atoms with E-state index in [0.717, 1.165) is 22.5 Å². The fourth-order valence-electron chi connectivity index (χ4n) is 3.50. The number of rotatable bonds is 8. The van der Waals surface area contributed by atoms with E-state index in [9.17, 15) is 4.79 Å². The van der Waals surface area contributed by atoms with Crippen LogP contribution in [-0.4, -0.2) is 31.3 Å². The van der Waals surface area contributed by atoms with E-state index >= 15 is 0 Å². The summed E-state index contributed by atoms with van der Waals surface area (Å²) in [5.74, 6) is 1.76. The summed E-state index contributed by atoms with van der Waals surface area (Å²) in [5, 5.41) is 9.36. The van der Waals surface area contributed by atoms with Gasteiger partial charge in [-0.1, -0.05) is 66.4 Å². The van der Waals surface area contributed by atoms with Crippen molar-refractivity contribution in [2.24, 2.45) is 0 Å². The lowest BCUT2D eigenvalue weighted by Crippen LogP contribution is -2.07. The molecule has 2 aromatic carbocycles. The summed E-state index contributed by atoms with van der Waals surface area (Å²) < 4.78 is 7.48. The molecule has 0 radical (unpaired) electrons. The van der Waals surface area contributed by atoms with E-state index in [0.29, 0.717) is 23.1 Å². The van der Waals surface area contributed by atoms with Crippen molar-refractivity contribution in [1.82, 2.24) is 19.7 Å². The second-order valence-corrected chi connectivity index (χ2v) is 8.31. The summed E-state index contributed by atoms with van der Waals surface area (Å²) in [6, 6.07) is 25.4. The van der Waals surface area contributed by atoms with Gasteiger partial charge in [0.05, 0.1) is 18.6 Å². The summed E-state index contributed by atoms with van der Waals surface area (Å²) in [4.78, 5) is 17.0. The zero-order valence-corrected chi connectivity index (χ0v) is 18.5. The molecule has 0 saturated heterocycles. The van der Waals surface area contributed by atoms with Crippen LogP contribution in [-0.2, 0) is 6.54 Å². The number of hydrogen-bond acceptors (Lipinski definition) is 6. The molecular formula is C26H20N4O2S. The first-order valence-corrected chi connectivity index (χ1v) is 11.4. The van der Waals surface area contributed by atoms with E-state index in [1.54, 1.807) is 18.7 Å². The SMILES string of the molecule is O=C(CSc1nnc(-c2cccnc2)n1Cc1ccco1)c1ccc(-c2ccccc2)cc1. The standard InChI is InChI=1S/C26H20N4O2S/c31-24(21-12-10-20(11-13-21)19-6-2-1-3-7-19)18-33-26-29-28-25(22-8-4-14-27-16-22)30(26)17-23-9-5-15-32-23/h1-16H,17-18H2. The van der Waals surface area contributed by atoms with Gasteiger partial charge < -0.3 is 4.42 Å². The second kappa shape index (κ2) is 9.67. The lowest BCUT2D eigenvalue weighted by atomic mass is 10.0. The van der Waals surface area contributed by atoms with Crippen LogP contribution in [0.1, 0.15) is 16.1 Å². The Morgan fingerprint density at radius 1 is 0.848 bits per heavy atom.